The molecular formula is C28H29F4N5O3S. The van der Waals surface area contributed by atoms with Crippen LogP contribution in [0.1, 0.15) is 5.56 Å². The SMILES string of the molecule is C=CC(=O)N1CCN(c2nc(=O)n3c4c(c(-c5ccc(F)cc5)c(C(F)(F)F)cc24)SCC(NCCOC)C3)CC1. The van der Waals surface area contributed by atoms with Crippen molar-refractivity contribution in [2.24, 2.45) is 0 Å². The van der Waals surface area contributed by atoms with E-state index in [0.29, 0.717) is 42.4 Å². The Morgan fingerprint density at radius 1 is 1.22 bits per heavy atom. The van der Waals surface area contributed by atoms with Crippen LogP contribution in [0.15, 0.2) is 52.7 Å². The molecule has 1 unspecified atom stereocenters. The van der Waals surface area contributed by atoms with Crippen LogP contribution < -0.4 is 15.9 Å². The largest absolute Gasteiger partial charge is 0.417 e. The zero-order chi connectivity index (χ0) is 29.3. The van der Waals surface area contributed by atoms with Gasteiger partial charge in [0.05, 0.1) is 17.7 Å². The summed E-state index contributed by atoms with van der Waals surface area (Å²) < 4.78 is 64.5. The number of rotatable bonds is 7. The Hall–Kier alpha value is -3.42. The highest BCUT2D eigenvalue weighted by molar-refractivity contribution is 7.99. The predicted molar refractivity (Wildman–Crippen MR) is 150 cm³/mol. The van der Waals surface area contributed by atoms with Crippen molar-refractivity contribution in [2.75, 3.05) is 57.1 Å². The van der Waals surface area contributed by atoms with Crippen LogP contribution in [-0.2, 0) is 22.3 Å². The van der Waals surface area contributed by atoms with E-state index >= 15 is 0 Å². The van der Waals surface area contributed by atoms with E-state index in [9.17, 15) is 27.2 Å². The summed E-state index contributed by atoms with van der Waals surface area (Å²) in [5.41, 5.74) is -1.01. The summed E-state index contributed by atoms with van der Waals surface area (Å²) in [7, 11) is 1.57. The van der Waals surface area contributed by atoms with E-state index in [1.807, 2.05) is 0 Å². The molecule has 5 rings (SSSR count). The van der Waals surface area contributed by atoms with Gasteiger partial charge < -0.3 is 19.9 Å². The molecule has 3 aromatic rings. The standard InChI is InChI=1S/C28H29F4N5O3S/c1-3-22(38)35-9-11-36(12-10-35)26-20-14-21(28(30,31)32)23(17-4-6-18(29)7-5-17)25-24(20)37(27(39)34-26)15-19(16-41-25)33-8-13-40-2/h3-7,14,19,33H,1,8-13,15-16H2,2H3. The van der Waals surface area contributed by atoms with Crippen molar-refractivity contribution in [3.05, 3.63) is 64.9 Å². The molecule has 1 atom stereocenters. The fourth-order valence-corrected chi connectivity index (χ4v) is 6.60. The minimum atomic E-state index is -4.75. The Balaban J connectivity index is 1.73. The lowest BCUT2D eigenvalue weighted by molar-refractivity contribution is -0.137. The van der Waals surface area contributed by atoms with Crippen molar-refractivity contribution in [1.82, 2.24) is 19.8 Å². The lowest BCUT2D eigenvalue weighted by Gasteiger charge is -2.35. The fourth-order valence-electron chi connectivity index (χ4n) is 5.28. The molecule has 218 valence electrons. The number of carbonyl (C=O) groups excluding carboxylic acids is 1. The van der Waals surface area contributed by atoms with E-state index < -0.39 is 23.2 Å². The van der Waals surface area contributed by atoms with Gasteiger partial charge in [-0.25, -0.2) is 9.18 Å². The fraction of sp³-hybridized carbons (Fsp3) is 0.393. The highest BCUT2D eigenvalue weighted by atomic mass is 32.2. The summed E-state index contributed by atoms with van der Waals surface area (Å²) in [5.74, 6) is -0.275. The molecule has 1 amide bonds. The lowest BCUT2D eigenvalue weighted by atomic mass is 9.96. The molecule has 2 aromatic carbocycles. The third-order valence-corrected chi connectivity index (χ3v) is 8.53. The van der Waals surface area contributed by atoms with Gasteiger partial charge in [0.25, 0.3) is 0 Å². The second kappa shape index (κ2) is 11.8. The van der Waals surface area contributed by atoms with Crippen LogP contribution in [0.2, 0.25) is 0 Å². The van der Waals surface area contributed by atoms with Gasteiger partial charge in [0.2, 0.25) is 5.91 Å². The van der Waals surface area contributed by atoms with Crippen LogP contribution in [0.3, 0.4) is 0 Å². The van der Waals surface area contributed by atoms with Gasteiger partial charge in [0.15, 0.2) is 0 Å². The number of benzene rings is 2. The van der Waals surface area contributed by atoms with E-state index in [2.05, 4.69) is 16.9 Å². The molecule has 1 aromatic heterocycles. The van der Waals surface area contributed by atoms with E-state index in [1.54, 1.807) is 16.9 Å². The number of hydrogen-bond donors (Lipinski definition) is 1. The minimum absolute atomic E-state index is 0.0979. The molecule has 3 heterocycles. The van der Waals surface area contributed by atoms with Crippen LogP contribution in [-0.4, -0.2) is 78.6 Å². The number of methoxy groups -OCH3 is 1. The first-order valence-electron chi connectivity index (χ1n) is 13.1. The van der Waals surface area contributed by atoms with Crippen molar-refractivity contribution in [2.45, 2.75) is 23.7 Å². The van der Waals surface area contributed by atoms with E-state index in [-0.39, 0.29) is 53.9 Å². The quantitative estimate of drug-likeness (QED) is 0.255. The molecule has 0 saturated carbocycles. The summed E-state index contributed by atoms with van der Waals surface area (Å²) in [4.78, 5) is 33.6. The number of halogens is 4. The van der Waals surface area contributed by atoms with Crippen LogP contribution in [0.4, 0.5) is 23.4 Å². The van der Waals surface area contributed by atoms with Crippen LogP contribution in [0, 0.1) is 5.82 Å². The maximum atomic E-state index is 14.7. The van der Waals surface area contributed by atoms with Gasteiger partial charge in [-0.3, -0.25) is 9.36 Å². The first-order valence-corrected chi connectivity index (χ1v) is 14.1. The molecule has 13 heteroatoms. The lowest BCUT2D eigenvalue weighted by Crippen LogP contribution is -2.49. The van der Waals surface area contributed by atoms with Crippen molar-refractivity contribution < 1.29 is 27.1 Å². The third kappa shape index (κ3) is 5.84. The summed E-state index contributed by atoms with van der Waals surface area (Å²) in [5, 5.41) is 3.52. The Morgan fingerprint density at radius 3 is 2.56 bits per heavy atom. The smallest absolute Gasteiger partial charge is 0.383 e. The summed E-state index contributed by atoms with van der Waals surface area (Å²) in [6.45, 7) is 5.82. The maximum Gasteiger partial charge on any atom is 0.417 e. The number of anilines is 1. The van der Waals surface area contributed by atoms with Crippen molar-refractivity contribution in [1.29, 1.82) is 0 Å². The number of hydrogen-bond acceptors (Lipinski definition) is 7. The normalized spacial score (nSPS) is 17.5. The molecule has 0 radical (unpaired) electrons. The van der Waals surface area contributed by atoms with Crippen molar-refractivity contribution >= 4 is 34.4 Å². The van der Waals surface area contributed by atoms with Gasteiger partial charge in [-0.1, -0.05) is 18.7 Å². The molecule has 41 heavy (non-hydrogen) atoms. The number of piperazine rings is 1. The van der Waals surface area contributed by atoms with Gasteiger partial charge in [0.1, 0.15) is 11.6 Å². The number of nitrogens with zero attached hydrogens (tertiary/aromatic N) is 4. The maximum absolute atomic E-state index is 14.7. The molecule has 2 aliphatic heterocycles. The Bertz CT molecular complexity index is 1520. The number of alkyl halides is 3. The summed E-state index contributed by atoms with van der Waals surface area (Å²) in [6.07, 6.45) is -3.53. The average Bonchev–Trinajstić information content (AvgIpc) is 3.15. The van der Waals surface area contributed by atoms with Gasteiger partial charge in [-0.2, -0.15) is 18.2 Å². The molecule has 1 saturated heterocycles. The van der Waals surface area contributed by atoms with Crippen molar-refractivity contribution in [3.8, 4) is 11.1 Å². The van der Waals surface area contributed by atoms with Crippen LogP contribution in [0.25, 0.3) is 22.0 Å². The predicted octanol–water partition coefficient (Wildman–Crippen LogP) is 3.77. The number of aromatic nitrogens is 2. The van der Waals surface area contributed by atoms with Crippen LogP contribution in [0.5, 0.6) is 0 Å². The van der Waals surface area contributed by atoms with E-state index in [0.717, 1.165) is 18.2 Å². The first kappa shape index (κ1) is 29.1. The number of carbonyl (C=O) groups is 1. The summed E-state index contributed by atoms with van der Waals surface area (Å²) in [6, 6.07) is 5.69. The molecule has 8 nitrogen and oxygen atoms in total. The number of amides is 1. The van der Waals surface area contributed by atoms with Gasteiger partial charge in [-0.15, -0.1) is 11.8 Å². The number of ether oxygens (including phenoxy) is 1. The first-order chi connectivity index (χ1) is 19.6. The summed E-state index contributed by atoms with van der Waals surface area (Å²) >= 11 is 1.23. The van der Waals surface area contributed by atoms with Crippen LogP contribution >= 0.6 is 11.8 Å². The molecule has 0 spiro atoms. The monoisotopic (exact) mass is 591 g/mol. The number of nitrogens with one attached hydrogen (secondary N) is 1. The molecule has 2 aliphatic rings. The zero-order valence-electron chi connectivity index (χ0n) is 22.3. The molecule has 0 aliphatic carbocycles. The molecular weight excluding hydrogens is 562 g/mol. The third-order valence-electron chi connectivity index (χ3n) is 7.27. The second-order valence-corrected chi connectivity index (χ2v) is 10.9. The molecule has 1 fully saturated rings. The average molecular weight is 592 g/mol. The van der Waals surface area contributed by atoms with Gasteiger partial charge in [-0.05, 0) is 29.8 Å². The van der Waals surface area contributed by atoms with Crippen molar-refractivity contribution in [3.63, 3.8) is 0 Å². The Labute approximate surface area is 238 Å². The topological polar surface area (TPSA) is 79.7 Å². The van der Waals surface area contributed by atoms with Gasteiger partial charge in [0, 0.05) is 74.0 Å². The second-order valence-electron chi connectivity index (χ2n) is 9.83. The Kier molecular flexibility index (Phi) is 8.39. The number of thioether (sulfide) groups is 1. The highest BCUT2D eigenvalue weighted by Crippen LogP contribution is 2.48. The minimum Gasteiger partial charge on any atom is -0.383 e. The Morgan fingerprint density at radius 2 is 1.93 bits per heavy atom. The van der Waals surface area contributed by atoms with E-state index in [1.165, 1.54) is 34.5 Å². The van der Waals surface area contributed by atoms with Gasteiger partial charge >= 0.3 is 11.9 Å². The molecule has 0 bridgehead atoms. The molecule has 1 N–H and O–H groups in total. The zero-order valence-corrected chi connectivity index (χ0v) is 23.2. The van der Waals surface area contributed by atoms with E-state index in [4.69, 9.17) is 4.74 Å². The highest BCUT2D eigenvalue weighted by Gasteiger charge is 2.38.